The van der Waals surface area contributed by atoms with Gasteiger partial charge in [-0.15, -0.1) is 0 Å². The van der Waals surface area contributed by atoms with Gasteiger partial charge in [0.25, 0.3) is 0 Å². The number of anilines is 1. The summed E-state index contributed by atoms with van der Waals surface area (Å²) in [4.78, 5) is 13.0. The molecular formula is C17H27NO2. The number of carbonyl (C=O) groups is 1. The molecule has 0 radical (unpaired) electrons. The van der Waals surface area contributed by atoms with Gasteiger partial charge in [0.2, 0.25) is 0 Å². The normalized spacial score (nSPS) is 12.1. The number of unbranched alkanes of at least 4 members (excludes halogenated alkanes) is 4. The van der Waals surface area contributed by atoms with Crippen LogP contribution in [0.5, 0.6) is 0 Å². The van der Waals surface area contributed by atoms with E-state index in [9.17, 15) is 4.79 Å². The van der Waals surface area contributed by atoms with Crippen molar-refractivity contribution in [3.63, 3.8) is 0 Å². The first-order chi connectivity index (χ1) is 9.65. The molecule has 0 fully saturated rings. The fourth-order valence-electron chi connectivity index (χ4n) is 2.47. The fraction of sp³-hybridized carbons (Fsp3) is 0.588. The number of benzene rings is 1. The van der Waals surface area contributed by atoms with E-state index in [0.717, 1.165) is 12.1 Å². The first-order valence-electron chi connectivity index (χ1n) is 7.68. The standard InChI is InChI=1S/C17H27NO2/c1-3-4-5-6-8-11-15(2)18(14-17(19)20)16-12-9-7-10-13-16/h7,9-10,12-13,15H,3-6,8,11,14H2,1-2H3,(H,19,20). The average molecular weight is 277 g/mol. The molecule has 0 bridgehead atoms. The Morgan fingerprint density at radius 1 is 1.15 bits per heavy atom. The number of carboxylic acids is 1. The molecule has 0 heterocycles. The lowest BCUT2D eigenvalue weighted by molar-refractivity contribution is -0.135. The van der Waals surface area contributed by atoms with Crippen molar-refractivity contribution in [3.8, 4) is 0 Å². The van der Waals surface area contributed by atoms with Crippen LogP contribution in [0.2, 0.25) is 0 Å². The predicted molar refractivity (Wildman–Crippen MR) is 84.3 cm³/mol. The van der Waals surface area contributed by atoms with Gasteiger partial charge in [-0.05, 0) is 25.5 Å². The number of carboxylic acid groups (broad SMARTS) is 1. The Kier molecular flexibility index (Phi) is 7.78. The van der Waals surface area contributed by atoms with Gasteiger partial charge in [0.15, 0.2) is 0 Å². The highest BCUT2D eigenvalue weighted by Crippen LogP contribution is 2.19. The molecule has 0 aromatic heterocycles. The van der Waals surface area contributed by atoms with Gasteiger partial charge < -0.3 is 10.0 Å². The predicted octanol–water partition coefficient (Wildman–Crippen LogP) is 4.33. The molecule has 0 saturated carbocycles. The van der Waals surface area contributed by atoms with E-state index in [4.69, 9.17) is 5.11 Å². The lowest BCUT2D eigenvalue weighted by Crippen LogP contribution is -2.37. The van der Waals surface area contributed by atoms with Gasteiger partial charge in [0.05, 0.1) is 0 Å². The van der Waals surface area contributed by atoms with Gasteiger partial charge in [-0.2, -0.15) is 0 Å². The second-order valence-electron chi connectivity index (χ2n) is 5.41. The molecule has 1 atom stereocenters. The van der Waals surface area contributed by atoms with Crippen LogP contribution in [0.3, 0.4) is 0 Å². The topological polar surface area (TPSA) is 40.5 Å². The Morgan fingerprint density at radius 3 is 2.40 bits per heavy atom. The number of hydrogen-bond acceptors (Lipinski definition) is 2. The summed E-state index contributed by atoms with van der Waals surface area (Å²) < 4.78 is 0. The minimum atomic E-state index is -0.772. The monoisotopic (exact) mass is 277 g/mol. The van der Waals surface area contributed by atoms with E-state index >= 15 is 0 Å². The second kappa shape index (κ2) is 9.40. The lowest BCUT2D eigenvalue weighted by Gasteiger charge is -2.30. The Labute approximate surface area is 122 Å². The Balaban J connectivity index is 2.52. The smallest absolute Gasteiger partial charge is 0.323 e. The van der Waals surface area contributed by atoms with E-state index < -0.39 is 5.97 Å². The van der Waals surface area contributed by atoms with Crippen molar-refractivity contribution in [1.29, 1.82) is 0 Å². The summed E-state index contributed by atoms with van der Waals surface area (Å²) in [5, 5.41) is 9.09. The van der Waals surface area contributed by atoms with E-state index in [0.29, 0.717) is 0 Å². The SMILES string of the molecule is CCCCCCCC(C)N(CC(=O)O)c1ccccc1. The maximum atomic E-state index is 11.1. The third kappa shape index (κ3) is 6.09. The quantitative estimate of drug-likeness (QED) is 0.647. The van der Waals surface area contributed by atoms with Crippen LogP contribution >= 0.6 is 0 Å². The highest BCUT2D eigenvalue weighted by Gasteiger charge is 2.16. The number of nitrogens with zero attached hydrogens (tertiary/aromatic N) is 1. The largest absolute Gasteiger partial charge is 0.480 e. The molecule has 0 saturated heterocycles. The van der Waals surface area contributed by atoms with Gasteiger partial charge in [-0.3, -0.25) is 4.79 Å². The molecule has 0 aliphatic carbocycles. The van der Waals surface area contributed by atoms with Crippen LogP contribution in [0.4, 0.5) is 5.69 Å². The second-order valence-corrected chi connectivity index (χ2v) is 5.41. The molecule has 1 rings (SSSR count). The molecule has 1 unspecified atom stereocenters. The Morgan fingerprint density at radius 2 is 1.80 bits per heavy atom. The highest BCUT2D eigenvalue weighted by molar-refractivity contribution is 5.74. The van der Waals surface area contributed by atoms with E-state index in [1.54, 1.807) is 0 Å². The first kappa shape index (κ1) is 16.5. The fourth-order valence-corrected chi connectivity index (χ4v) is 2.47. The Hall–Kier alpha value is -1.51. The van der Waals surface area contributed by atoms with Gasteiger partial charge in [-0.1, -0.05) is 57.2 Å². The molecular weight excluding hydrogens is 250 g/mol. The summed E-state index contributed by atoms with van der Waals surface area (Å²) in [5.41, 5.74) is 0.996. The van der Waals surface area contributed by atoms with Crippen molar-refractivity contribution >= 4 is 11.7 Å². The zero-order chi connectivity index (χ0) is 14.8. The third-order valence-electron chi connectivity index (χ3n) is 3.65. The van der Waals surface area contributed by atoms with Gasteiger partial charge >= 0.3 is 5.97 Å². The number of para-hydroxylation sites is 1. The maximum absolute atomic E-state index is 11.1. The Bertz CT molecular complexity index is 378. The number of hydrogen-bond donors (Lipinski definition) is 1. The molecule has 1 aromatic carbocycles. The van der Waals surface area contributed by atoms with Crippen LogP contribution in [0.25, 0.3) is 0 Å². The van der Waals surface area contributed by atoms with Crippen molar-refractivity contribution in [3.05, 3.63) is 30.3 Å². The van der Waals surface area contributed by atoms with E-state index in [-0.39, 0.29) is 12.6 Å². The van der Waals surface area contributed by atoms with Crippen LogP contribution in [-0.4, -0.2) is 23.7 Å². The molecule has 0 aliphatic rings. The molecule has 0 spiro atoms. The molecule has 0 amide bonds. The van der Waals surface area contributed by atoms with Crippen molar-refractivity contribution in [1.82, 2.24) is 0 Å². The molecule has 0 aliphatic heterocycles. The summed E-state index contributed by atoms with van der Waals surface area (Å²) in [7, 11) is 0. The average Bonchev–Trinajstić information content (AvgIpc) is 2.45. The number of aliphatic carboxylic acids is 1. The van der Waals surface area contributed by atoms with Crippen molar-refractivity contribution < 1.29 is 9.90 Å². The van der Waals surface area contributed by atoms with Crippen LogP contribution in [0.15, 0.2) is 30.3 Å². The summed E-state index contributed by atoms with van der Waals surface area (Å²) in [6, 6.07) is 10.1. The van der Waals surface area contributed by atoms with Gasteiger partial charge in [0.1, 0.15) is 6.54 Å². The van der Waals surface area contributed by atoms with Crippen LogP contribution < -0.4 is 4.90 Å². The zero-order valence-corrected chi connectivity index (χ0v) is 12.7. The summed E-state index contributed by atoms with van der Waals surface area (Å²) >= 11 is 0. The van der Waals surface area contributed by atoms with Crippen molar-refractivity contribution in [2.75, 3.05) is 11.4 Å². The molecule has 1 aromatic rings. The van der Waals surface area contributed by atoms with Crippen LogP contribution in [0.1, 0.15) is 52.4 Å². The molecule has 3 nitrogen and oxygen atoms in total. The van der Waals surface area contributed by atoms with Gasteiger partial charge in [-0.25, -0.2) is 0 Å². The van der Waals surface area contributed by atoms with Crippen LogP contribution in [-0.2, 0) is 4.79 Å². The summed E-state index contributed by atoms with van der Waals surface area (Å²) in [6.07, 6.45) is 7.30. The third-order valence-corrected chi connectivity index (χ3v) is 3.65. The lowest BCUT2D eigenvalue weighted by atomic mass is 10.1. The minimum Gasteiger partial charge on any atom is -0.480 e. The van der Waals surface area contributed by atoms with E-state index in [2.05, 4.69) is 13.8 Å². The highest BCUT2D eigenvalue weighted by atomic mass is 16.4. The molecule has 1 N–H and O–H groups in total. The van der Waals surface area contributed by atoms with Gasteiger partial charge in [0, 0.05) is 11.7 Å². The van der Waals surface area contributed by atoms with Crippen molar-refractivity contribution in [2.24, 2.45) is 0 Å². The molecule has 20 heavy (non-hydrogen) atoms. The van der Waals surface area contributed by atoms with E-state index in [1.165, 1.54) is 32.1 Å². The van der Waals surface area contributed by atoms with E-state index in [1.807, 2.05) is 35.2 Å². The zero-order valence-electron chi connectivity index (χ0n) is 12.7. The summed E-state index contributed by atoms with van der Waals surface area (Å²) in [5.74, 6) is -0.772. The summed E-state index contributed by atoms with van der Waals surface area (Å²) in [6.45, 7) is 4.41. The maximum Gasteiger partial charge on any atom is 0.323 e. The van der Waals surface area contributed by atoms with Crippen LogP contribution in [0, 0.1) is 0 Å². The molecule has 3 heteroatoms. The first-order valence-corrected chi connectivity index (χ1v) is 7.68. The number of rotatable bonds is 10. The molecule has 112 valence electrons. The van der Waals surface area contributed by atoms with Crippen molar-refractivity contribution in [2.45, 2.75) is 58.4 Å². The minimum absolute atomic E-state index is 0.0696.